The number of rotatable bonds is 16. The molecule has 0 heterocycles. The van der Waals surface area contributed by atoms with Gasteiger partial charge < -0.3 is 14.6 Å². The van der Waals surface area contributed by atoms with Crippen molar-refractivity contribution in [3.8, 4) is 0 Å². The number of unbranched alkanes of at least 4 members (excludes halogenated alkanes) is 5. The molecule has 0 fully saturated rings. The Balaban J connectivity index is 2.23. The lowest BCUT2D eigenvalue weighted by molar-refractivity contribution is 0.0376. The van der Waals surface area contributed by atoms with Gasteiger partial charge in [-0.05, 0) is 24.0 Å². The first-order valence-electron chi connectivity index (χ1n) is 9.44. The van der Waals surface area contributed by atoms with Crippen LogP contribution in [0.4, 0.5) is 0 Å². The molecule has 0 aliphatic carbocycles. The summed E-state index contributed by atoms with van der Waals surface area (Å²) in [4.78, 5) is 0. The topological polar surface area (TPSA) is 38.7 Å². The SMILES string of the molecule is CCCCCCCCP(CCOCCOCCO)c1ccccc1. The first-order chi connectivity index (χ1) is 11.9. The van der Waals surface area contributed by atoms with E-state index in [1.807, 2.05) is 0 Å². The highest BCUT2D eigenvalue weighted by Crippen LogP contribution is 2.35. The van der Waals surface area contributed by atoms with E-state index in [0.29, 0.717) is 19.8 Å². The molecular formula is C20H35O3P. The van der Waals surface area contributed by atoms with Gasteiger partial charge in [-0.1, -0.05) is 77.3 Å². The number of aliphatic hydroxyl groups excluding tert-OH is 1. The van der Waals surface area contributed by atoms with Crippen molar-refractivity contribution < 1.29 is 14.6 Å². The molecule has 1 aromatic rings. The molecule has 0 bridgehead atoms. The summed E-state index contributed by atoms with van der Waals surface area (Å²) in [6.45, 7) is 4.74. The van der Waals surface area contributed by atoms with Gasteiger partial charge in [0.25, 0.3) is 0 Å². The van der Waals surface area contributed by atoms with Crippen LogP contribution >= 0.6 is 7.92 Å². The molecule has 0 aliphatic rings. The Morgan fingerprint density at radius 3 is 2.17 bits per heavy atom. The third-order valence-electron chi connectivity index (χ3n) is 4.02. The van der Waals surface area contributed by atoms with Crippen molar-refractivity contribution >= 4 is 13.2 Å². The second kappa shape index (κ2) is 16.0. The number of benzene rings is 1. The zero-order chi connectivity index (χ0) is 17.3. The van der Waals surface area contributed by atoms with Gasteiger partial charge in [0.15, 0.2) is 0 Å². The maximum absolute atomic E-state index is 8.66. The quantitative estimate of drug-likeness (QED) is 0.357. The average Bonchev–Trinajstić information content (AvgIpc) is 2.62. The second-order valence-electron chi connectivity index (χ2n) is 6.04. The molecule has 0 spiro atoms. The van der Waals surface area contributed by atoms with Crippen LogP contribution in [0.1, 0.15) is 45.4 Å². The van der Waals surface area contributed by atoms with Gasteiger partial charge in [0.05, 0.1) is 33.0 Å². The summed E-state index contributed by atoms with van der Waals surface area (Å²) in [7, 11) is -0.114. The Bertz CT molecular complexity index is 372. The standard InChI is InChI=1S/C20H35O3P/c1-2-3-4-5-6-10-18-24(20-11-8-7-9-12-20)19-17-23-16-15-22-14-13-21/h7-9,11-12,21H,2-6,10,13-19H2,1H3. The summed E-state index contributed by atoms with van der Waals surface area (Å²) in [6, 6.07) is 10.9. The molecule has 0 aliphatic heterocycles. The molecule has 0 saturated heterocycles. The van der Waals surface area contributed by atoms with Crippen LogP contribution in [0, 0.1) is 0 Å². The number of hydrogen-bond donors (Lipinski definition) is 1. The lowest BCUT2D eigenvalue weighted by atomic mass is 10.1. The van der Waals surface area contributed by atoms with Gasteiger partial charge in [-0.25, -0.2) is 0 Å². The Labute approximate surface area is 149 Å². The lowest BCUT2D eigenvalue weighted by Gasteiger charge is -2.18. The van der Waals surface area contributed by atoms with Crippen LogP contribution in [-0.2, 0) is 9.47 Å². The summed E-state index contributed by atoms with van der Waals surface area (Å²) in [5.74, 6) is 0. The maximum Gasteiger partial charge on any atom is 0.0701 e. The van der Waals surface area contributed by atoms with Crippen molar-refractivity contribution in [3.05, 3.63) is 30.3 Å². The maximum atomic E-state index is 8.66. The van der Waals surface area contributed by atoms with Crippen LogP contribution < -0.4 is 5.30 Å². The van der Waals surface area contributed by atoms with Gasteiger partial charge in [0, 0.05) is 0 Å². The molecule has 3 nitrogen and oxygen atoms in total. The van der Waals surface area contributed by atoms with Gasteiger partial charge in [-0.15, -0.1) is 0 Å². The zero-order valence-corrected chi connectivity index (χ0v) is 16.2. The predicted octanol–water partition coefficient (Wildman–Crippen LogP) is 4.18. The van der Waals surface area contributed by atoms with Crippen LogP contribution in [0.3, 0.4) is 0 Å². The largest absolute Gasteiger partial charge is 0.394 e. The highest BCUT2D eigenvalue weighted by Gasteiger charge is 2.10. The van der Waals surface area contributed by atoms with Crippen LogP contribution in [0.15, 0.2) is 30.3 Å². The monoisotopic (exact) mass is 354 g/mol. The smallest absolute Gasteiger partial charge is 0.0701 e. The third kappa shape index (κ3) is 11.1. The summed E-state index contributed by atoms with van der Waals surface area (Å²) in [5, 5.41) is 10.2. The molecule has 0 aromatic heterocycles. The molecule has 4 heteroatoms. The Kier molecular flexibility index (Phi) is 14.4. The van der Waals surface area contributed by atoms with Crippen LogP contribution in [0.5, 0.6) is 0 Å². The molecule has 0 radical (unpaired) electrons. The molecule has 1 unspecified atom stereocenters. The fourth-order valence-electron chi connectivity index (χ4n) is 2.65. The summed E-state index contributed by atoms with van der Waals surface area (Å²) in [5.41, 5.74) is 0. The Morgan fingerprint density at radius 1 is 0.792 bits per heavy atom. The van der Waals surface area contributed by atoms with Crippen LogP contribution in [-0.4, -0.2) is 50.5 Å². The minimum atomic E-state index is -0.114. The van der Waals surface area contributed by atoms with E-state index in [4.69, 9.17) is 14.6 Å². The van der Waals surface area contributed by atoms with Crippen LogP contribution in [0.2, 0.25) is 0 Å². The van der Waals surface area contributed by atoms with Crippen molar-refractivity contribution in [1.82, 2.24) is 0 Å². The van der Waals surface area contributed by atoms with Crippen molar-refractivity contribution in [3.63, 3.8) is 0 Å². The van der Waals surface area contributed by atoms with E-state index >= 15 is 0 Å². The van der Waals surface area contributed by atoms with E-state index in [9.17, 15) is 0 Å². The van der Waals surface area contributed by atoms with Crippen molar-refractivity contribution in [2.24, 2.45) is 0 Å². The number of hydrogen-bond acceptors (Lipinski definition) is 3. The van der Waals surface area contributed by atoms with Crippen molar-refractivity contribution in [2.45, 2.75) is 45.4 Å². The first kappa shape index (κ1) is 21.6. The summed E-state index contributed by atoms with van der Waals surface area (Å²) < 4.78 is 10.9. The lowest BCUT2D eigenvalue weighted by Crippen LogP contribution is -2.13. The summed E-state index contributed by atoms with van der Waals surface area (Å²) in [6.07, 6.45) is 10.6. The molecule has 0 saturated carbocycles. The first-order valence-corrected chi connectivity index (χ1v) is 11.2. The fourth-order valence-corrected chi connectivity index (χ4v) is 4.94. The van der Waals surface area contributed by atoms with E-state index in [-0.39, 0.29) is 14.5 Å². The normalized spacial score (nSPS) is 12.4. The van der Waals surface area contributed by atoms with E-state index in [0.717, 1.165) is 12.8 Å². The van der Waals surface area contributed by atoms with E-state index in [2.05, 4.69) is 37.3 Å². The Morgan fingerprint density at radius 2 is 1.46 bits per heavy atom. The van der Waals surface area contributed by atoms with E-state index < -0.39 is 0 Å². The zero-order valence-electron chi connectivity index (χ0n) is 15.3. The fraction of sp³-hybridized carbons (Fsp3) is 0.700. The molecule has 1 aromatic carbocycles. The van der Waals surface area contributed by atoms with Crippen molar-refractivity contribution in [1.29, 1.82) is 0 Å². The summed E-state index contributed by atoms with van der Waals surface area (Å²) >= 11 is 0. The molecule has 138 valence electrons. The molecule has 24 heavy (non-hydrogen) atoms. The predicted molar refractivity (Wildman–Crippen MR) is 105 cm³/mol. The average molecular weight is 354 g/mol. The van der Waals surface area contributed by atoms with Gasteiger partial charge in [-0.2, -0.15) is 0 Å². The molecular weight excluding hydrogens is 319 g/mol. The number of ether oxygens (including phenoxy) is 2. The Hall–Kier alpha value is -0.470. The molecule has 0 amide bonds. The number of aliphatic hydroxyl groups is 1. The molecule has 1 atom stereocenters. The third-order valence-corrected chi connectivity index (χ3v) is 6.62. The van der Waals surface area contributed by atoms with E-state index in [1.165, 1.54) is 50.0 Å². The highest BCUT2D eigenvalue weighted by molar-refractivity contribution is 7.65. The minimum absolute atomic E-state index is 0.0809. The van der Waals surface area contributed by atoms with Gasteiger partial charge in [-0.3, -0.25) is 0 Å². The second-order valence-corrected chi connectivity index (χ2v) is 8.53. The van der Waals surface area contributed by atoms with Crippen LogP contribution in [0.25, 0.3) is 0 Å². The molecule has 1 rings (SSSR count). The van der Waals surface area contributed by atoms with Gasteiger partial charge in [0.1, 0.15) is 0 Å². The van der Waals surface area contributed by atoms with Crippen molar-refractivity contribution in [2.75, 3.05) is 45.4 Å². The van der Waals surface area contributed by atoms with Gasteiger partial charge in [0.2, 0.25) is 0 Å². The molecule has 1 N–H and O–H groups in total. The van der Waals surface area contributed by atoms with E-state index in [1.54, 1.807) is 0 Å². The minimum Gasteiger partial charge on any atom is -0.394 e. The highest BCUT2D eigenvalue weighted by atomic mass is 31.1. The van der Waals surface area contributed by atoms with Gasteiger partial charge >= 0.3 is 0 Å².